The minimum atomic E-state index is -4.14. The molecule has 2 rings (SSSR count). The molecule has 1 aliphatic heterocycles. The average Bonchev–Trinajstić information content (AvgIpc) is 2.38. The minimum Gasteiger partial charge on any atom is -0.480 e. The van der Waals surface area contributed by atoms with E-state index in [1.807, 2.05) is 0 Å². The van der Waals surface area contributed by atoms with Crippen LogP contribution in [0.4, 0.5) is 4.39 Å². The molecule has 1 saturated heterocycles. The molecule has 0 aromatic heterocycles. The summed E-state index contributed by atoms with van der Waals surface area (Å²) >= 11 is 0. The first-order valence-electron chi connectivity index (χ1n) is 6.35. The van der Waals surface area contributed by atoms with Crippen LogP contribution in [0.3, 0.4) is 0 Å². The molecule has 0 radical (unpaired) electrons. The van der Waals surface area contributed by atoms with E-state index in [0.29, 0.717) is 12.8 Å². The van der Waals surface area contributed by atoms with E-state index in [1.165, 1.54) is 19.1 Å². The molecule has 0 saturated carbocycles. The highest BCUT2D eigenvalue weighted by molar-refractivity contribution is 7.89. The first-order valence-corrected chi connectivity index (χ1v) is 7.79. The molecule has 1 atom stereocenters. The number of piperidine rings is 1. The van der Waals surface area contributed by atoms with Gasteiger partial charge >= 0.3 is 5.97 Å². The van der Waals surface area contributed by atoms with Crippen molar-refractivity contribution in [2.24, 2.45) is 0 Å². The van der Waals surface area contributed by atoms with Crippen LogP contribution < -0.4 is 0 Å². The molecular formula is C13H16FNO4S. The quantitative estimate of drug-likeness (QED) is 0.923. The fourth-order valence-electron chi connectivity index (χ4n) is 2.50. The van der Waals surface area contributed by atoms with Crippen molar-refractivity contribution in [3.8, 4) is 0 Å². The Kier molecular flexibility index (Phi) is 4.10. The number of aliphatic carboxylic acids is 1. The number of halogens is 1. The van der Waals surface area contributed by atoms with Gasteiger partial charge in [-0.05, 0) is 37.8 Å². The van der Waals surface area contributed by atoms with Crippen molar-refractivity contribution < 1.29 is 22.7 Å². The highest BCUT2D eigenvalue weighted by Crippen LogP contribution is 2.28. The molecule has 0 bridgehead atoms. The second-order valence-electron chi connectivity index (χ2n) is 4.85. The van der Waals surface area contributed by atoms with E-state index in [9.17, 15) is 17.6 Å². The van der Waals surface area contributed by atoms with E-state index >= 15 is 0 Å². The van der Waals surface area contributed by atoms with Crippen molar-refractivity contribution >= 4 is 16.0 Å². The summed E-state index contributed by atoms with van der Waals surface area (Å²) in [6.07, 6.45) is 1.48. The Morgan fingerprint density at radius 3 is 2.70 bits per heavy atom. The lowest BCUT2D eigenvalue weighted by molar-refractivity contribution is -0.142. The third-order valence-electron chi connectivity index (χ3n) is 3.47. The Bertz CT molecular complexity index is 609. The van der Waals surface area contributed by atoms with Crippen LogP contribution in [0.5, 0.6) is 0 Å². The van der Waals surface area contributed by atoms with Crippen LogP contribution in [-0.4, -0.2) is 36.4 Å². The third kappa shape index (κ3) is 2.55. The van der Waals surface area contributed by atoms with Crippen molar-refractivity contribution in [3.63, 3.8) is 0 Å². The number of carboxylic acids is 1. The van der Waals surface area contributed by atoms with Gasteiger partial charge in [0.2, 0.25) is 10.0 Å². The average molecular weight is 301 g/mol. The van der Waals surface area contributed by atoms with Gasteiger partial charge in [-0.1, -0.05) is 12.1 Å². The van der Waals surface area contributed by atoms with Crippen molar-refractivity contribution in [3.05, 3.63) is 29.6 Å². The fraction of sp³-hybridized carbons (Fsp3) is 0.462. The largest absolute Gasteiger partial charge is 0.480 e. The molecule has 1 aromatic rings. The van der Waals surface area contributed by atoms with E-state index in [-0.39, 0.29) is 18.5 Å². The van der Waals surface area contributed by atoms with Crippen LogP contribution in [0.15, 0.2) is 23.1 Å². The third-order valence-corrected chi connectivity index (χ3v) is 5.56. The Morgan fingerprint density at radius 2 is 2.10 bits per heavy atom. The summed E-state index contributed by atoms with van der Waals surface area (Å²) in [6, 6.07) is 2.87. The van der Waals surface area contributed by atoms with Crippen LogP contribution in [0.2, 0.25) is 0 Å². The number of benzene rings is 1. The first kappa shape index (κ1) is 14.9. The number of carbonyl (C=O) groups is 1. The Morgan fingerprint density at radius 1 is 1.40 bits per heavy atom. The second-order valence-corrected chi connectivity index (χ2v) is 6.68. The van der Waals surface area contributed by atoms with Crippen molar-refractivity contribution in [2.45, 2.75) is 37.1 Å². The highest BCUT2D eigenvalue weighted by atomic mass is 32.2. The monoisotopic (exact) mass is 301 g/mol. The van der Waals surface area contributed by atoms with Crippen LogP contribution in [0.1, 0.15) is 24.8 Å². The summed E-state index contributed by atoms with van der Waals surface area (Å²) in [5, 5.41) is 9.16. The Labute approximate surface area is 117 Å². The normalized spacial score (nSPS) is 20.8. The second kappa shape index (κ2) is 5.49. The van der Waals surface area contributed by atoms with Gasteiger partial charge in [0.15, 0.2) is 0 Å². The Balaban J connectivity index is 2.51. The molecule has 1 aromatic carbocycles. The molecule has 110 valence electrons. The molecule has 20 heavy (non-hydrogen) atoms. The van der Waals surface area contributed by atoms with Crippen LogP contribution >= 0.6 is 0 Å². The summed E-state index contributed by atoms with van der Waals surface area (Å²) in [6.45, 7) is 1.60. The van der Waals surface area contributed by atoms with E-state index in [2.05, 4.69) is 0 Å². The van der Waals surface area contributed by atoms with E-state index in [0.717, 1.165) is 10.4 Å². The topological polar surface area (TPSA) is 74.7 Å². The molecular weight excluding hydrogens is 285 g/mol. The number of aryl methyl sites for hydroxylation is 1. The summed E-state index contributed by atoms with van der Waals surface area (Å²) in [7, 11) is -4.14. The standard InChI is InChI=1S/C13H16FNO4S/c1-9-5-4-6-10(14)12(9)20(18,19)15-8-3-2-7-11(15)13(16)17/h4-6,11H,2-3,7-8H2,1H3,(H,16,17). The molecule has 0 aliphatic carbocycles. The zero-order chi connectivity index (χ0) is 14.9. The van der Waals surface area contributed by atoms with Crippen molar-refractivity contribution in [2.75, 3.05) is 6.54 Å². The van der Waals surface area contributed by atoms with Gasteiger partial charge in [0.1, 0.15) is 16.8 Å². The van der Waals surface area contributed by atoms with Gasteiger partial charge in [0.05, 0.1) is 0 Å². The molecule has 1 N–H and O–H groups in total. The highest BCUT2D eigenvalue weighted by Gasteiger charge is 2.39. The van der Waals surface area contributed by atoms with Gasteiger partial charge in [-0.25, -0.2) is 12.8 Å². The lowest BCUT2D eigenvalue weighted by Crippen LogP contribution is -2.48. The molecule has 1 aliphatic rings. The van der Waals surface area contributed by atoms with Gasteiger partial charge in [0.25, 0.3) is 0 Å². The number of hydrogen-bond donors (Lipinski definition) is 1. The first-order chi connectivity index (χ1) is 9.35. The van der Waals surface area contributed by atoms with Gasteiger partial charge in [0, 0.05) is 6.54 Å². The number of sulfonamides is 1. The number of hydrogen-bond acceptors (Lipinski definition) is 3. The molecule has 7 heteroatoms. The molecule has 1 unspecified atom stereocenters. The molecule has 0 spiro atoms. The summed E-state index contributed by atoms with van der Waals surface area (Å²) in [5.41, 5.74) is 0.278. The number of carboxylic acid groups (broad SMARTS) is 1. The predicted octanol–water partition coefficient (Wildman–Crippen LogP) is 1.76. The zero-order valence-corrected chi connectivity index (χ0v) is 11.9. The van der Waals surface area contributed by atoms with E-state index in [1.54, 1.807) is 0 Å². The molecule has 1 heterocycles. The van der Waals surface area contributed by atoms with Crippen LogP contribution in [0.25, 0.3) is 0 Å². The van der Waals surface area contributed by atoms with Gasteiger partial charge in [-0.2, -0.15) is 4.31 Å². The minimum absolute atomic E-state index is 0.104. The van der Waals surface area contributed by atoms with E-state index < -0.39 is 32.7 Å². The van der Waals surface area contributed by atoms with Crippen molar-refractivity contribution in [1.82, 2.24) is 4.31 Å². The molecule has 5 nitrogen and oxygen atoms in total. The van der Waals surface area contributed by atoms with Gasteiger partial charge in [-0.3, -0.25) is 4.79 Å². The lowest BCUT2D eigenvalue weighted by atomic mass is 10.1. The van der Waals surface area contributed by atoms with Crippen LogP contribution in [-0.2, 0) is 14.8 Å². The molecule has 1 fully saturated rings. The van der Waals surface area contributed by atoms with Gasteiger partial charge < -0.3 is 5.11 Å². The SMILES string of the molecule is Cc1cccc(F)c1S(=O)(=O)N1CCCCC1C(=O)O. The number of rotatable bonds is 3. The lowest BCUT2D eigenvalue weighted by Gasteiger charge is -2.32. The van der Waals surface area contributed by atoms with Gasteiger partial charge in [-0.15, -0.1) is 0 Å². The number of nitrogens with zero attached hydrogens (tertiary/aromatic N) is 1. The smallest absolute Gasteiger partial charge is 0.322 e. The van der Waals surface area contributed by atoms with Crippen LogP contribution in [0, 0.1) is 12.7 Å². The maximum atomic E-state index is 13.9. The maximum Gasteiger partial charge on any atom is 0.322 e. The Hall–Kier alpha value is -1.47. The van der Waals surface area contributed by atoms with Crippen molar-refractivity contribution in [1.29, 1.82) is 0 Å². The summed E-state index contributed by atoms with van der Waals surface area (Å²) in [5.74, 6) is -2.04. The maximum absolute atomic E-state index is 13.9. The summed E-state index contributed by atoms with van der Waals surface area (Å²) in [4.78, 5) is 10.8. The van der Waals surface area contributed by atoms with E-state index in [4.69, 9.17) is 5.11 Å². The zero-order valence-electron chi connectivity index (χ0n) is 11.0. The summed E-state index contributed by atoms with van der Waals surface area (Å²) < 4.78 is 39.9. The predicted molar refractivity (Wildman–Crippen MR) is 70.3 cm³/mol. The molecule has 0 amide bonds. The fourth-order valence-corrected chi connectivity index (χ4v) is 4.42.